The van der Waals surface area contributed by atoms with E-state index in [1.807, 2.05) is 17.5 Å². The van der Waals surface area contributed by atoms with Crippen molar-refractivity contribution in [2.75, 3.05) is 16.8 Å². The lowest BCUT2D eigenvalue weighted by molar-refractivity contribution is -0.141. The summed E-state index contributed by atoms with van der Waals surface area (Å²) in [7, 11) is 0. The molecule has 0 aliphatic heterocycles. The Morgan fingerprint density at radius 3 is 3.00 bits per heavy atom. The van der Waals surface area contributed by atoms with Gasteiger partial charge in [0.2, 0.25) is 11.8 Å². The molecule has 0 atom stereocenters. The summed E-state index contributed by atoms with van der Waals surface area (Å²) in [4.78, 5) is 28.6. The summed E-state index contributed by atoms with van der Waals surface area (Å²) in [6.45, 7) is 1.75. The first kappa shape index (κ1) is 18.2. The Morgan fingerprint density at radius 1 is 1.38 bits per heavy atom. The molecule has 0 saturated heterocycles. The van der Waals surface area contributed by atoms with Gasteiger partial charge in [-0.1, -0.05) is 11.2 Å². The van der Waals surface area contributed by atoms with Crippen LogP contribution in [0.4, 0.5) is 5.82 Å². The Bertz CT molecular complexity index is 872. The van der Waals surface area contributed by atoms with Crippen molar-refractivity contribution in [3.05, 3.63) is 41.3 Å². The zero-order valence-electron chi connectivity index (χ0n) is 13.8. The van der Waals surface area contributed by atoms with Crippen LogP contribution in [0.5, 0.6) is 0 Å². The fourth-order valence-corrected chi connectivity index (χ4v) is 3.18. The number of hydrogen-bond donors (Lipinski definition) is 1. The van der Waals surface area contributed by atoms with Crippen LogP contribution in [0.3, 0.4) is 0 Å². The minimum Gasteiger partial charge on any atom is -0.458 e. The van der Waals surface area contributed by atoms with Gasteiger partial charge >= 0.3 is 5.97 Å². The predicted octanol–water partition coefficient (Wildman–Crippen LogP) is 3.11. The summed E-state index contributed by atoms with van der Waals surface area (Å²) >= 11 is 2.66. The summed E-state index contributed by atoms with van der Waals surface area (Å²) in [6, 6.07) is 5.41. The number of thiophene rings is 1. The van der Waals surface area contributed by atoms with Crippen molar-refractivity contribution < 1.29 is 23.3 Å². The lowest BCUT2D eigenvalue weighted by atomic mass is 10.4. The minimum atomic E-state index is -0.430. The zero-order chi connectivity index (χ0) is 18.4. The van der Waals surface area contributed by atoms with E-state index in [0.717, 1.165) is 16.6 Å². The van der Waals surface area contributed by atoms with Gasteiger partial charge < -0.3 is 19.0 Å². The van der Waals surface area contributed by atoms with Gasteiger partial charge in [0.05, 0.1) is 16.4 Å². The van der Waals surface area contributed by atoms with Crippen LogP contribution in [0, 0.1) is 6.92 Å². The van der Waals surface area contributed by atoms with Gasteiger partial charge in [-0.25, -0.2) is 4.98 Å². The smallest absolute Gasteiger partial charge is 0.316 e. The van der Waals surface area contributed by atoms with Crippen molar-refractivity contribution >= 4 is 40.8 Å². The molecular weight excluding hydrogens is 378 g/mol. The third kappa shape index (κ3) is 5.20. The van der Waals surface area contributed by atoms with E-state index in [-0.39, 0.29) is 24.0 Å². The highest BCUT2D eigenvalue weighted by Crippen LogP contribution is 2.23. The van der Waals surface area contributed by atoms with Crippen molar-refractivity contribution in [3.8, 4) is 10.8 Å². The second-order valence-electron chi connectivity index (χ2n) is 5.15. The van der Waals surface area contributed by atoms with Crippen LogP contribution in [0.2, 0.25) is 0 Å². The van der Waals surface area contributed by atoms with Crippen molar-refractivity contribution in [2.45, 2.75) is 13.5 Å². The molecule has 0 fully saturated rings. The van der Waals surface area contributed by atoms with Crippen LogP contribution < -0.4 is 5.32 Å². The molecule has 26 heavy (non-hydrogen) atoms. The number of anilines is 1. The predicted molar refractivity (Wildman–Crippen MR) is 96.8 cm³/mol. The van der Waals surface area contributed by atoms with Gasteiger partial charge in [0.1, 0.15) is 24.3 Å². The van der Waals surface area contributed by atoms with Crippen molar-refractivity contribution in [1.29, 1.82) is 0 Å². The number of thioether (sulfide) groups is 1. The Hall–Kier alpha value is -2.59. The molecule has 3 aromatic heterocycles. The van der Waals surface area contributed by atoms with Gasteiger partial charge in [0.15, 0.2) is 5.82 Å². The van der Waals surface area contributed by atoms with E-state index in [9.17, 15) is 9.59 Å². The quantitative estimate of drug-likeness (QED) is 0.582. The number of oxazole rings is 1. The van der Waals surface area contributed by atoms with E-state index in [0.29, 0.717) is 23.2 Å². The molecule has 0 unspecified atom stereocenters. The van der Waals surface area contributed by atoms with Crippen LogP contribution >= 0.6 is 23.1 Å². The first-order valence-electron chi connectivity index (χ1n) is 7.55. The molecule has 10 heteroatoms. The summed E-state index contributed by atoms with van der Waals surface area (Å²) in [5, 5.41) is 8.16. The molecular formula is C16H15N3O5S2. The fourth-order valence-electron chi connectivity index (χ4n) is 1.91. The highest BCUT2D eigenvalue weighted by molar-refractivity contribution is 8.00. The van der Waals surface area contributed by atoms with E-state index in [1.54, 1.807) is 13.0 Å². The lowest BCUT2D eigenvalue weighted by Gasteiger charge is -2.03. The Morgan fingerprint density at radius 2 is 2.27 bits per heavy atom. The van der Waals surface area contributed by atoms with Crippen molar-refractivity contribution in [2.24, 2.45) is 0 Å². The average Bonchev–Trinajstić information content (AvgIpc) is 3.34. The van der Waals surface area contributed by atoms with Gasteiger partial charge in [-0.05, 0) is 18.4 Å². The molecule has 136 valence electrons. The van der Waals surface area contributed by atoms with E-state index in [4.69, 9.17) is 13.7 Å². The van der Waals surface area contributed by atoms with Gasteiger partial charge in [-0.15, -0.1) is 23.1 Å². The van der Waals surface area contributed by atoms with Crippen LogP contribution in [0.15, 0.2) is 38.8 Å². The number of ether oxygens (including phenoxy) is 1. The van der Waals surface area contributed by atoms with Crippen LogP contribution in [0.1, 0.15) is 11.5 Å². The van der Waals surface area contributed by atoms with E-state index >= 15 is 0 Å². The molecule has 3 rings (SSSR count). The second kappa shape index (κ2) is 8.68. The first-order valence-corrected chi connectivity index (χ1v) is 9.58. The summed E-state index contributed by atoms with van der Waals surface area (Å²) < 4.78 is 15.3. The summed E-state index contributed by atoms with van der Waals surface area (Å²) in [5.74, 6) is 0.915. The van der Waals surface area contributed by atoms with Gasteiger partial charge in [0, 0.05) is 6.07 Å². The Labute approximate surface area is 156 Å². The number of carbonyl (C=O) groups excluding carboxylic acids is 2. The molecule has 8 nitrogen and oxygen atoms in total. The summed E-state index contributed by atoms with van der Waals surface area (Å²) in [6.07, 6.45) is 1.46. The van der Waals surface area contributed by atoms with Gasteiger partial charge in [-0.2, -0.15) is 0 Å². The van der Waals surface area contributed by atoms with Crippen LogP contribution in [-0.2, 0) is 20.9 Å². The maximum Gasteiger partial charge on any atom is 0.316 e. The minimum absolute atomic E-state index is 0.0265. The lowest BCUT2D eigenvalue weighted by Crippen LogP contribution is -2.16. The third-order valence-corrected chi connectivity index (χ3v) is 4.78. The first-order chi connectivity index (χ1) is 12.6. The molecule has 0 aliphatic rings. The molecule has 0 aromatic carbocycles. The summed E-state index contributed by atoms with van der Waals surface area (Å²) in [5.41, 5.74) is 0.533. The maximum absolute atomic E-state index is 11.7. The zero-order valence-corrected chi connectivity index (χ0v) is 15.4. The molecule has 0 saturated carbocycles. The second-order valence-corrected chi connectivity index (χ2v) is 7.08. The molecule has 3 aromatic rings. The topological polar surface area (TPSA) is 107 Å². The highest BCUT2D eigenvalue weighted by Gasteiger charge is 2.11. The SMILES string of the molecule is Cc1cc(NC(=O)CSCC(=O)OCc2coc(-c3cccs3)n2)no1. The number of hydrogen-bond acceptors (Lipinski definition) is 9. The van der Waals surface area contributed by atoms with Gasteiger partial charge in [-0.3, -0.25) is 9.59 Å². The fraction of sp³-hybridized carbons (Fsp3) is 0.250. The van der Waals surface area contributed by atoms with E-state index in [2.05, 4.69) is 15.5 Å². The number of amides is 1. The average molecular weight is 393 g/mol. The van der Waals surface area contributed by atoms with E-state index < -0.39 is 5.97 Å². The Kier molecular flexibility index (Phi) is 6.08. The van der Waals surface area contributed by atoms with Crippen molar-refractivity contribution in [3.63, 3.8) is 0 Å². The molecule has 0 aliphatic carbocycles. The van der Waals surface area contributed by atoms with Crippen LogP contribution in [0.25, 0.3) is 10.8 Å². The van der Waals surface area contributed by atoms with E-state index in [1.165, 1.54) is 17.6 Å². The molecule has 0 bridgehead atoms. The molecule has 0 radical (unpaired) electrons. The third-order valence-electron chi connectivity index (χ3n) is 3.01. The number of aromatic nitrogens is 2. The number of nitrogens with zero attached hydrogens (tertiary/aromatic N) is 2. The molecule has 1 N–H and O–H groups in total. The maximum atomic E-state index is 11.7. The number of rotatable bonds is 8. The molecule has 1 amide bonds. The monoisotopic (exact) mass is 393 g/mol. The van der Waals surface area contributed by atoms with Gasteiger partial charge in [0.25, 0.3) is 0 Å². The Balaban J connectivity index is 1.35. The molecule has 0 spiro atoms. The largest absolute Gasteiger partial charge is 0.458 e. The number of esters is 1. The van der Waals surface area contributed by atoms with Crippen LogP contribution in [-0.4, -0.2) is 33.5 Å². The normalized spacial score (nSPS) is 10.7. The molecule has 3 heterocycles. The highest BCUT2D eigenvalue weighted by atomic mass is 32.2. The number of aryl methyl sites for hydroxylation is 1. The standard InChI is InChI=1S/C16H15N3O5S2/c1-10-5-13(19-24-10)18-14(20)8-25-9-15(21)22-6-11-7-23-16(17-11)12-3-2-4-26-12/h2-5,7H,6,8-9H2,1H3,(H,18,19,20). The van der Waals surface area contributed by atoms with Crippen molar-refractivity contribution in [1.82, 2.24) is 10.1 Å². The number of nitrogens with one attached hydrogen (secondary N) is 1. The number of carbonyl (C=O) groups is 2.